The molecular weight excluding hydrogens is 310 g/mol. The molecule has 0 aliphatic carbocycles. The summed E-state index contributed by atoms with van der Waals surface area (Å²) in [4.78, 5) is 31.4. The molecular formula is C17H25N3O4. The fourth-order valence-corrected chi connectivity index (χ4v) is 2.38. The summed E-state index contributed by atoms with van der Waals surface area (Å²) in [5.74, 6) is -0.431. The van der Waals surface area contributed by atoms with Crippen LogP contribution in [0.2, 0.25) is 0 Å². The van der Waals surface area contributed by atoms with Crippen LogP contribution in [0.3, 0.4) is 0 Å². The normalized spacial score (nSPS) is 19.0. The number of amides is 1. The van der Waals surface area contributed by atoms with Crippen LogP contribution >= 0.6 is 0 Å². The molecule has 0 bridgehead atoms. The molecule has 1 aromatic rings. The number of hydrogen-bond donors (Lipinski definition) is 1. The van der Waals surface area contributed by atoms with Crippen LogP contribution in [0.5, 0.6) is 0 Å². The van der Waals surface area contributed by atoms with Crippen molar-refractivity contribution in [3.05, 3.63) is 35.9 Å². The van der Waals surface area contributed by atoms with E-state index in [-0.39, 0.29) is 18.7 Å². The van der Waals surface area contributed by atoms with Crippen LogP contribution in [-0.4, -0.2) is 59.8 Å². The van der Waals surface area contributed by atoms with Crippen LogP contribution in [0.15, 0.2) is 30.3 Å². The number of hydrogen-bond acceptors (Lipinski definition) is 6. The van der Waals surface area contributed by atoms with E-state index < -0.39 is 11.6 Å². The molecule has 2 N–H and O–H groups in total. The molecule has 0 spiro atoms. The van der Waals surface area contributed by atoms with E-state index in [0.717, 1.165) is 0 Å². The smallest absolute Gasteiger partial charge is 0.410 e. The second-order valence-electron chi connectivity index (χ2n) is 6.70. The maximum absolute atomic E-state index is 12.2. The van der Waals surface area contributed by atoms with Gasteiger partial charge in [-0.2, -0.15) is 0 Å². The Balaban J connectivity index is 1.95. The van der Waals surface area contributed by atoms with Crippen LogP contribution in [0, 0.1) is 0 Å². The molecule has 7 nitrogen and oxygen atoms in total. The van der Waals surface area contributed by atoms with Crippen molar-refractivity contribution in [3.8, 4) is 0 Å². The van der Waals surface area contributed by atoms with Gasteiger partial charge in [-0.05, 0) is 32.9 Å². The van der Waals surface area contributed by atoms with Gasteiger partial charge in [-0.15, -0.1) is 5.06 Å². The lowest BCUT2D eigenvalue weighted by atomic mass is 10.2. The lowest BCUT2D eigenvalue weighted by Gasteiger charge is -2.39. The highest BCUT2D eigenvalue weighted by Gasteiger charge is 2.33. The molecule has 1 saturated heterocycles. The number of carbonyl (C=O) groups excluding carboxylic acids is 2. The van der Waals surface area contributed by atoms with Crippen molar-refractivity contribution < 1.29 is 19.2 Å². The largest absolute Gasteiger partial charge is 0.444 e. The van der Waals surface area contributed by atoms with Gasteiger partial charge in [0.05, 0.1) is 18.2 Å². The Morgan fingerprint density at radius 3 is 2.46 bits per heavy atom. The molecule has 132 valence electrons. The summed E-state index contributed by atoms with van der Waals surface area (Å²) in [6, 6.07) is 8.50. The van der Waals surface area contributed by atoms with Gasteiger partial charge in [-0.3, -0.25) is 0 Å². The van der Waals surface area contributed by atoms with Gasteiger partial charge in [0.2, 0.25) is 0 Å². The first-order valence-electron chi connectivity index (χ1n) is 8.02. The number of ether oxygens (including phenoxy) is 1. The second kappa shape index (κ2) is 7.63. The molecule has 1 aliphatic rings. The Morgan fingerprint density at radius 2 is 1.88 bits per heavy atom. The molecule has 1 heterocycles. The average Bonchev–Trinajstić information content (AvgIpc) is 2.54. The number of benzene rings is 1. The molecule has 7 heteroatoms. The van der Waals surface area contributed by atoms with E-state index in [1.165, 1.54) is 0 Å². The summed E-state index contributed by atoms with van der Waals surface area (Å²) in [6.07, 6.45) is -0.380. The first-order valence-corrected chi connectivity index (χ1v) is 8.02. The number of rotatable bonds is 3. The fourth-order valence-electron chi connectivity index (χ4n) is 2.38. The zero-order valence-electron chi connectivity index (χ0n) is 14.4. The molecule has 1 aromatic carbocycles. The average molecular weight is 335 g/mol. The number of nitrogens with two attached hydrogens (primary N) is 1. The maximum Gasteiger partial charge on any atom is 0.410 e. The summed E-state index contributed by atoms with van der Waals surface area (Å²) < 4.78 is 5.38. The van der Waals surface area contributed by atoms with E-state index in [4.69, 9.17) is 15.3 Å². The van der Waals surface area contributed by atoms with Crippen molar-refractivity contribution in [1.29, 1.82) is 0 Å². The summed E-state index contributed by atoms with van der Waals surface area (Å²) >= 11 is 0. The fraction of sp³-hybridized carbons (Fsp3) is 0.529. The highest BCUT2D eigenvalue weighted by molar-refractivity contribution is 5.89. The Kier molecular flexibility index (Phi) is 5.80. The van der Waals surface area contributed by atoms with E-state index >= 15 is 0 Å². The predicted octanol–water partition coefficient (Wildman–Crippen LogP) is 1.64. The van der Waals surface area contributed by atoms with Gasteiger partial charge in [0, 0.05) is 19.6 Å². The molecule has 1 amide bonds. The number of hydroxylamine groups is 2. The van der Waals surface area contributed by atoms with Crippen LogP contribution in [0.1, 0.15) is 31.1 Å². The van der Waals surface area contributed by atoms with Crippen molar-refractivity contribution in [3.63, 3.8) is 0 Å². The van der Waals surface area contributed by atoms with Crippen LogP contribution in [0.4, 0.5) is 4.79 Å². The van der Waals surface area contributed by atoms with Gasteiger partial charge >= 0.3 is 12.1 Å². The number of piperazine rings is 1. The number of carbonyl (C=O) groups is 2. The second-order valence-corrected chi connectivity index (χ2v) is 6.70. The minimum atomic E-state index is -0.549. The topological polar surface area (TPSA) is 85.1 Å². The van der Waals surface area contributed by atoms with Gasteiger partial charge in [-0.25, -0.2) is 9.59 Å². The van der Waals surface area contributed by atoms with E-state index in [2.05, 4.69) is 0 Å². The van der Waals surface area contributed by atoms with Crippen LogP contribution in [-0.2, 0) is 9.57 Å². The molecule has 0 unspecified atom stereocenters. The summed E-state index contributed by atoms with van der Waals surface area (Å²) in [5, 5.41) is 1.55. The van der Waals surface area contributed by atoms with Crippen molar-refractivity contribution in [2.24, 2.45) is 5.73 Å². The SMILES string of the molecule is CC(C)(C)OC(=O)N1CCN(OC(=O)c2ccccc2)[C@H](CN)C1. The molecule has 0 aromatic heterocycles. The summed E-state index contributed by atoms with van der Waals surface area (Å²) in [5.41, 5.74) is 5.71. The van der Waals surface area contributed by atoms with E-state index in [1.54, 1.807) is 34.2 Å². The first kappa shape index (κ1) is 18.2. The van der Waals surface area contributed by atoms with Gasteiger partial charge in [0.25, 0.3) is 0 Å². The van der Waals surface area contributed by atoms with Gasteiger partial charge in [-0.1, -0.05) is 18.2 Å². The molecule has 24 heavy (non-hydrogen) atoms. The van der Waals surface area contributed by atoms with Crippen molar-refractivity contribution in [2.45, 2.75) is 32.4 Å². The summed E-state index contributed by atoms with van der Waals surface area (Å²) in [7, 11) is 0. The third kappa shape index (κ3) is 4.94. The first-order chi connectivity index (χ1) is 11.3. The highest BCUT2D eigenvalue weighted by atomic mass is 16.7. The Morgan fingerprint density at radius 1 is 1.21 bits per heavy atom. The van der Waals surface area contributed by atoms with E-state index in [0.29, 0.717) is 25.2 Å². The lowest BCUT2D eigenvalue weighted by Crippen LogP contribution is -2.58. The third-order valence-electron chi connectivity index (χ3n) is 3.56. The molecule has 0 saturated carbocycles. The molecule has 0 radical (unpaired) electrons. The van der Waals surface area contributed by atoms with E-state index in [9.17, 15) is 9.59 Å². The van der Waals surface area contributed by atoms with Gasteiger partial charge in [0.15, 0.2) is 0 Å². The zero-order chi connectivity index (χ0) is 17.7. The van der Waals surface area contributed by atoms with Crippen molar-refractivity contribution in [1.82, 2.24) is 9.96 Å². The van der Waals surface area contributed by atoms with Crippen LogP contribution in [0.25, 0.3) is 0 Å². The molecule has 1 atom stereocenters. The zero-order valence-corrected chi connectivity index (χ0v) is 14.4. The Hall–Kier alpha value is -2.12. The van der Waals surface area contributed by atoms with Crippen molar-refractivity contribution >= 4 is 12.1 Å². The Labute approximate surface area is 142 Å². The minimum Gasteiger partial charge on any atom is -0.444 e. The van der Waals surface area contributed by atoms with E-state index in [1.807, 2.05) is 26.8 Å². The van der Waals surface area contributed by atoms with Gasteiger partial charge < -0.3 is 20.2 Å². The van der Waals surface area contributed by atoms with Crippen LogP contribution < -0.4 is 5.73 Å². The minimum absolute atomic E-state index is 0.265. The molecule has 1 fully saturated rings. The van der Waals surface area contributed by atoms with Gasteiger partial charge in [0.1, 0.15) is 5.60 Å². The molecule has 1 aliphatic heterocycles. The lowest BCUT2D eigenvalue weighted by molar-refractivity contribution is -0.157. The van der Waals surface area contributed by atoms with Crippen molar-refractivity contribution in [2.75, 3.05) is 26.2 Å². The predicted molar refractivity (Wildman–Crippen MR) is 89.2 cm³/mol. The monoisotopic (exact) mass is 335 g/mol. The third-order valence-corrected chi connectivity index (χ3v) is 3.56. The Bertz CT molecular complexity index is 571. The maximum atomic E-state index is 12.2. The standard InChI is InChI=1S/C17H25N3O4/c1-17(2,3)23-16(22)19-9-10-20(14(11-18)12-19)24-15(21)13-7-5-4-6-8-13/h4-8,14H,9-12,18H2,1-3H3/t14-/m1/s1. The summed E-state index contributed by atoms with van der Waals surface area (Å²) in [6.45, 7) is 6.89. The quantitative estimate of drug-likeness (QED) is 0.904. The molecule has 2 rings (SSSR count). The highest BCUT2D eigenvalue weighted by Crippen LogP contribution is 2.16. The number of nitrogens with zero attached hydrogens (tertiary/aromatic N) is 2.